The van der Waals surface area contributed by atoms with Crippen molar-refractivity contribution in [1.29, 1.82) is 0 Å². The number of carbonyl (C=O) groups excluding carboxylic acids is 2. The highest BCUT2D eigenvalue weighted by Gasteiger charge is 2.25. The third kappa shape index (κ3) is 5.78. The minimum Gasteiger partial charge on any atom is -0.352 e. The highest BCUT2D eigenvalue weighted by molar-refractivity contribution is 5.85. The number of carbonyl (C=O) groups is 2. The minimum absolute atomic E-state index is 0. The van der Waals surface area contributed by atoms with Crippen LogP contribution in [-0.2, 0) is 9.59 Å². The third-order valence-electron chi connectivity index (χ3n) is 3.59. The summed E-state index contributed by atoms with van der Waals surface area (Å²) < 4.78 is 0. The Balaban J connectivity index is 0.00000180. The number of rotatable bonds is 5. The Morgan fingerprint density at radius 1 is 1.26 bits per heavy atom. The average molecular weight is 290 g/mol. The summed E-state index contributed by atoms with van der Waals surface area (Å²) in [5, 5.41) is 6.12. The molecule has 1 atom stereocenters. The lowest BCUT2D eigenvalue weighted by atomic mass is 10.1. The van der Waals surface area contributed by atoms with Crippen molar-refractivity contribution >= 4 is 24.2 Å². The molecule has 1 aliphatic carbocycles. The van der Waals surface area contributed by atoms with Crippen LogP contribution in [-0.4, -0.2) is 48.9 Å². The van der Waals surface area contributed by atoms with Crippen LogP contribution in [0.15, 0.2) is 0 Å². The molecule has 1 saturated heterocycles. The van der Waals surface area contributed by atoms with Crippen molar-refractivity contribution in [2.24, 2.45) is 5.92 Å². The Kier molecular flexibility index (Phi) is 6.58. The second kappa shape index (κ2) is 7.70. The van der Waals surface area contributed by atoms with Crippen LogP contribution >= 0.6 is 12.4 Å². The van der Waals surface area contributed by atoms with E-state index in [2.05, 4.69) is 10.6 Å². The molecule has 0 spiro atoms. The molecule has 110 valence electrons. The quantitative estimate of drug-likeness (QED) is 0.776. The largest absolute Gasteiger partial charge is 0.352 e. The molecule has 19 heavy (non-hydrogen) atoms. The van der Waals surface area contributed by atoms with Crippen LogP contribution in [0.4, 0.5) is 0 Å². The lowest BCUT2D eigenvalue weighted by molar-refractivity contribution is -0.132. The van der Waals surface area contributed by atoms with Gasteiger partial charge in [0.2, 0.25) is 11.8 Å². The van der Waals surface area contributed by atoms with E-state index >= 15 is 0 Å². The van der Waals surface area contributed by atoms with Crippen LogP contribution in [0.2, 0.25) is 0 Å². The van der Waals surface area contributed by atoms with Gasteiger partial charge in [-0.25, -0.2) is 0 Å². The van der Waals surface area contributed by atoms with E-state index in [9.17, 15) is 9.59 Å². The van der Waals surface area contributed by atoms with Crippen LogP contribution < -0.4 is 10.6 Å². The number of amides is 2. The molecule has 1 heterocycles. The summed E-state index contributed by atoms with van der Waals surface area (Å²) in [4.78, 5) is 24.9. The fraction of sp³-hybridized carbons (Fsp3) is 0.846. The lowest BCUT2D eigenvalue weighted by Gasteiger charge is -2.33. The van der Waals surface area contributed by atoms with Gasteiger partial charge in [-0.05, 0) is 38.1 Å². The van der Waals surface area contributed by atoms with E-state index in [-0.39, 0.29) is 30.3 Å². The standard InChI is InChI=1S/C13H23N3O2.ClH/c1-10(17)15-12-3-2-6-16(9-12)13(18)8-14-7-11-4-5-11;/h11-12,14H,2-9H2,1H3,(H,15,17);1H. The minimum atomic E-state index is -0.0128. The summed E-state index contributed by atoms with van der Waals surface area (Å²) >= 11 is 0. The summed E-state index contributed by atoms with van der Waals surface area (Å²) in [5.41, 5.74) is 0. The van der Waals surface area contributed by atoms with Gasteiger partial charge in [0.1, 0.15) is 0 Å². The maximum Gasteiger partial charge on any atom is 0.236 e. The molecule has 2 rings (SSSR count). The van der Waals surface area contributed by atoms with Crippen molar-refractivity contribution in [3.63, 3.8) is 0 Å². The molecule has 2 aliphatic rings. The van der Waals surface area contributed by atoms with Crippen molar-refractivity contribution in [3.8, 4) is 0 Å². The van der Waals surface area contributed by atoms with Gasteiger partial charge in [-0.3, -0.25) is 9.59 Å². The van der Waals surface area contributed by atoms with E-state index in [1.807, 2.05) is 4.90 Å². The predicted octanol–water partition coefficient (Wildman–Crippen LogP) is 0.535. The number of nitrogens with one attached hydrogen (secondary N) is 2. The Morgan fingerprint density at radius 3 is 2.63 bits per heavy atom. The van der Waals surface area contributed by atoms with Crippen LogP contribution in [0.25, 0.3) is 0 Å². The van der Waals surface area contributed by atoms with Crippen LogP contribution in [0, 0.1) is 5.92 Å². The zero-order valence-electron chi connectivity index (χ0n) is 11.5. The number of piperidine rings is 1. The van der Waals surface area contributed by atoms with Crippen molar-refractivity contribution in [3.05, 3.63) is 0 Å². The van der Waals surface area contributed by atoms with Gasteiger partial charge < -0.3 is 15.5 Å². The summed E-state index contributed by atoms with van der Waals surface area (Å²) in [5.74, 6) is 0.943. The van der Waals surface area contributed by atoms with Gasteiger partial charge in [-0.1, -0.05) is 0 Å². The van der Waals surface area contributed by atoms with Gasteiger partial charge in [-0.2, -0.15) is 0 Å². The molecule has 6 heteroatoms. The van der Waals surface area contributed by atoms with Crippen LogP contribution in [0.1, 0.15) is 32.6 Å². The summed E-state index contributed by atoms with van der Waals surface area (Å²) in [6, 6.07) is 0.128. The molecule has 5 nitrogen and oxygen atoms in total. The first-order chi connectivity index (χ1) is 8.65. The maximum atomic E-state index is 12.0. The first-order valence-electron chi connectivity index (χ1n) is 6.90. The van der Waals surface area contributed by atoms with E-state index < -0.39 is 0 Å². The van der Waals surface area contributed by atoms with Gasteiger partial charge in [0.25, 0.3) is 0 Å². The number of nitrogens with zero attached hydrogens (tertiary/aromatic N) is 1. The lowest BCUT2D eigenvalue weighted by Crippen LogP contribution is -2.51. The fourth-order valence-corrected chi connectivity index (χ4v) is 2.43. The highest BCUT2D eigenvalue weighted by Crippen LogP contribution is 2.27. The van der Waals surface area contributed by atoms with Gasteiger partial charge in [0.15, 0.2) is 0 Å². The normalized spacial score (nSPS) is 22.6. The Hall–Kier alpha value is -0.810. The average Bonchev–Trinajstić information content (AvgIpc) is 3.12. The van der Waals surface area contributed by atoms with Crippen molar-refractivity contribution < 1.29 is 9.59 Å². The predicted molar refractivity (Wildman–Crippen MR) is 76.3 cm³/mol. The van der Waals surface area contributed by atoms with Crippen molar-refractivity contribution in [2.45, 2.75) is 38.6 Å². The van der Waals surface area contributed by atoms with E-state index in [1.54, 1.807) is 0 Å². The number of halogens is 1. The molecule has 0 bridgehead atoms. The van der Waals surface area contributed by atoms with Gasteiger partial charge >= 0.3 is 0 Å². The monoisotopic (exact) mass is 289 g/mol. The Morgan fingerprint density at radius 2 is 2.00 bits per heavy atom. The Bertz CT molecular complexity index is 321. The number of hydrogen-bond donors (Lipinski definition) is 2. The molecule has 2 fully saturated rings. The molecular formula is C13H24ClN3O2. The number of likely N-dealkylation sites (tertiary alicyclic amines) is 1. The highest BCUT2D eigenvalue weighted by atomic mass is 35.5. The fourth-order valence-electron chi connectivity index (χ4n) is 2.43. The maximum absolute atomic E-state index is 12.0. The zero-order chi connectivity index (χ0) is 13.0. The molecule has 2 amide bonds. The molecule has 1 unspecified atom stereocenters. The molecule has 1 aliphatic heterocycles. The van der Waals surface area contributed by atoms with Crippen molar-refractivity contribution in [2.75, 3.05) is 26.2 Å². The van der Waals surface area contributed by atoms with Gasteiger partial charge in [0, 0.05) is 26.1 Å². The topological polar surface area (TPSA) is 61.4 Å². The summed E-state index contributed by atoms with van der Waals surface area (Å²) in [7, 11) is 0. The second-order valence-corrected chi connectivity index (χ2v) is 5.45. The van der Waals surface area contributed by atoms with Crippen LogP contribution in [0.3, 0.4) is 0 Å². The van der Waals surface area contributed by atoms with Crippen LogP contribution in [0.5, 0.6) is 0 Å². The smallest absolute Gasteiger partial charge is 0.236 e. The van der Waals surface area contributed by atoms with E-state index in [4.69, 9.17) is 0 Å². The summed E-state index contributed by atoms with van der Waals surface area (Å²) in [6.07, 6.45) is 4.54. The molecule has 2 N–H and O–H groups in total. The van der Waals surface area contributed by atoms with Crippen molar-refractivity contribution in [1.82, 2.24) is 15.5 Å². The first-order valence-corrected chi connectivity index (χ1v) is 6.90. The Labute approximate surface area is 120 Å². The van der Waals surface area contributed by atoms with Gasteiger partial charge in [-0.15, -0.1) is 12.4 Å². The van der Waals surface area contributed by atoms with E-state index in [0.717, 1.165) is 31.8 Å². The van der Waals surface area contributed by atoms with E-state index in [1.165, 1.54) is 19.8 Å². The second-order valence-electron chi connectivity index (χ2n) is 5.45. The molecule has 0 aromatic carbocycles. The SMILES string of the molecule is CC(=O)NC1CCCN(C(=O)CNCC2CC2)C1.Cl. The molecular weight excluding hydrogens is 266 g/mol. The zero-order valence-corrected chi connectivity index (χ0v) is 12.3. The van der Waals surface area contributed by atoms with Gasteiger partial charge in [0.05, 0.1) is 6.54 Å². The molecule has 0 radical (unpaired) electrons. The van der Waals surface area contributed by atoms with E-state index in [0.29, 0.717) is 13.1 Å². The first kappa shape index (κ1) is 16.2. The number of hydrogen-bond acceptors (Lipinski definition) is 3. The molecule has 1 saturated carbocycles. The summed E-state index contributed by atoms with van der Waals surface area (Å²) in [6.45, 7) is 4.40. The third-order valence-corrected chi connectivity index (χ3v) is 3.59. The molecule has 0 aromatic heterocycles. The molecule has 0 aromatic rings.